The zero-order chi connectivity index (χ0) is 13.0. The molecule has 0 amide bonds. The van der Waals surface area contributed by atoms with Gasteiger partial charge in [0.1, 0.15) is 0 Å². The third-order valence-electron chi connectivity index (χ3n) is 4.47. The van der Waals surface area contributed by atoms with Gasteiger partial charge in [-0.2, -0.15) is 0 Å². The van der Waals surface area contributed by atoms with E-state index < -0.39 is 0 Å². The van der Waals surface area contributed by atoms with Crippen LogP contribution >= 0.6 is 11.3 Å². The fourth-order valence-electron chi connectivity index (χ4n) is 3.46. The molecule has 2 bridgehead atoms. The summed E-state index contributed by atoms with van der Waals surface area (Å²) >= 11 is 1.72. The molecule has 3 unspecified atom stereocenters. The highest BCUT2D eigenvalue weighted by atomic mass is 32.1. The van der Waals surface area contributed by atoms with Crippen LogP contribution in [-0.2, 0) is 11.3 Å². The van der Waals surface area contributed by atoms with Gasteiger partial charge in [0, 0.05) is 23.7 Å². The Kier molecular flexibility index (Phi) is 2.69. The van der Waals surface area contributed by atoms with Gasteiger partial charge < -0.3 is 10.1 Å². The highest BCUT2D eigenvalue weighted by Crippen LogP contribution is 2.34. The Bertz CT molecular complexity index is 618. The molecule has 2 aliphatic heterocycles. The van der Waals surface area contributed by atoms with Crippen LogP contribution in [0, 0.1) is 13.8 Å². The number of thiazole rings is 1. The van der Waals surface area contributed by atoms with Crippen LogP contribution in [0.15, 0.2) is 5.38 Å². The molecule has 102 valence electrons. The number of fused-ring (bicyclic) bond motifs is 3. The molecule has 4 rings (SSSR count). The SMILES string of the molecule is Cc1nc2scc(C)n2c1CNC1CC2CCC1O2. The van der Waals surface area contributed by atoms with Gasteiger partial charge in [0.15, 0.2) is 4.96 Å². The number of hydrogen-bond donors (Lipinski definition) is 1. The van der Waals surface area contributed by atoms with Gasteiger partial charge in [-0.1, -0.05) is 0 Å². The summed E-state index contributed by atoms with van der Waals surface area (Å²) in [5.74, 6) is 0. The number of nitrogens with one attached hydrogen (secondary N) is 1. The van der Waals surface area contributed by atoms with Crippen LogP contribution < -0.4 is 5.32 Å². The molecule has 2 aromatic rings. The average molecular weight is 277 g/mol. The Hall–Kier alpha value is -0.910. The molecule has 0 spiro atoms. The molecule has 5 heteroatoms. The van der Waals surface area contributed by atoms with Crippen molar-refractivity contribution in [1.29, 1.82) is 0 Å². The number of ether oxygens (including phenoxy) is 1. The third kappa shape index (κ3) is 1.83. The second kappa shape index (κ2) is 4.30. The predicted molar refractivity (Wildman–Crippen MR) is 75.7 cm³/mol. The van der Waals surface area contributed by atoms with E-state index in [2.05, 4.69) is 33.9 Å². The summed E-state index contributed by atoms with van der Waals surface area (Å²) in [6, 6.07) is 0.530. The minimum absolute atomic E-state index is 0.442. The van der Waals surface area contributed by atoms with Gasteiger partial charge in [-0.25, -0.2) is 4.98 Å². The predicted octanol–water partition coefficient (Wildman–Crippen LogP) is 2.42. The minimum atomic E-state index is 0.442. The second-order valence-electron chi connectivity index (χ2n) is 5.74. The van der Waals surface area contributed by atoms with Gasteiger partial charge in [0.25, 0.3) is 0 Å². The average Bonchev–Trinajstić information content (AvgIpc) is 3.11. The molecule has 1 N–H and O–H groups in total. The number of aromatic nitrogens is 2. The van der Waals surface area contributed by atoms with E-state index in [1.807, 2.05) is 0 Å². The molecule has 2 aromatic heterocycles. The summed E-state index contributed by atoms with van der Waals surface area (Å²) in [4.78, 5) is 5.74. The molecule has 0 aromatic carbocycles. The minimum Gasteiger partial charge on any atom is -0.373 e. The van der Waals surface area contributed by atoms with Crippen molar-refractivity contribution in [1.82, 2.24) is 14.7 Å². The number of rotatable bonds is 3. The van der Waals surface area contributed by atoms with Crippen molar-refractivity contribution in [3.8, 4) is 0 Å². The summed E-state index contributed by atoms with van der Waals surface area (Å²) in [7, 11) is 0. The molecule has 3 atom stereocenters. The zero-order valence-electron chi connectivity index (χ0n) is 11.3. The van der Waals surface area contributed by atoms with Crippen LogP contribution in [0.2, 0.25) is 0 Å². The summed E-state index contributed by atoms with van der Waals surface area (Å²) in [5.41, 5.74) is 3.73. The monoisotopic (exact) mass is 277 g/mol. The first kappa shape index (κ1) is 11.9. The number of nitrogens with zero attached hydrogens (tertiary/aromatic N) is 2. The van der Waals surface area contributed by atoms with Crippen molar-refractivity contribution < 1.29 is 4.74 Å². The topological polar surface area (TPSA) is 38.6 Å². The lowest BCUT2D eigenvalue weighted by Gasteiger charge is -2.20. The lowest BCUT2D eigenvalue weighted by Crippen LogP contribution is -2.37. The highest BCUT2D eigenvalue weighted by molar-refractivity contribution is 7.15. The van der Waals surface area contributed by atoms with Crippen LogP contribution in [0.5, 0.6) is 0 Å². The van der Waals surface area contributed by atoms with Crippen molar-refractivity contribution in [2.75, 3.05) is 0 Å². The van der Waals surface area contributed by atoms with Gasteiger partial charge in [0.05, 0.1) is 23.6 Å². The molecule has 0 saturated carbocycles. The van der Waals surface area contributed by atoms with E-state index in [1.54, 1.807) is 11.3 Å². The van der Waals surface area contributed by atoms with Crippen LogP contribution in [0.4, 0.5) is 0 Å². The van der Waals surface area contributed by atoms with Crippen molar-refractivity contribution in [2.24, 2.45) is 0 Å². The maximum absolute atomic E-state index is 5.90. The number of imidazole rings is 1. The Morgan fingerprint density at radius 2 is 2.37 bits per heavy atom. The molecule has 4 nitrogen and oxygen atoms in total. The third-order valence-corrected chi connectivity index (χ3v) is 5.41. The van der Waals surface area contributed by atoms with Crippen molar-refractivity contribution >= 4 is 16.3 Å². The summed E-state index contributed by atoms with van der Waals surface area (Å²) < 4.78 is 8.18. The standard InChI is InChI=1S/C14H19N3OS/c1-8-7-19-14-16-9(2)12(17(8)14)6-15-11-5-10-3-4-13(11)18-10/h7,10-11,13,15H,3-6H2,1-2H3. The van der Waals surface area contributed by atoms with E-state index in [0.29, 0.717) is 18.2 Å². The van der Waals surface area contributed by atoms with Crippen LogP contribution in [0.25, 0.3) is 4.96 Å². The van der Waals surface area contributed by atoms with Crippen LogP contribution in [0.3, 0.4) is 0 Å². The number of aryl methyl sites for hydroxylation is 2. The molecular formula is C14H19N3OS. The summed E-state index contributed by atoms with van der Waals surface area (Å²) in [6.07, 6.45) is 4.60. The molecule has 0 radical (unpaired) electrons. The van der Waals surface area contributed by atoms with E-state index >= 15 is 0 Å². The highest BCUT2D eigenvalue weighted by Gasteiger charge is 2.40. The molecule has 2 fully saturated rings. The Balaban J connectivity index is 1.55. The van der Waals surface area contributed by atoms with Gasteiger partial charge in [-0.15, -0.1) is 11.3 Å². The van der Waals surface area contributed by atoms with Crippen molar-refractivity contribution in [2.45, 2.75) is 57.9 Å². The normalized spacial score (nSPS) is 29.7. The Labute approximate surface area is 116 Å². The molecule has 2 aliphatic rings. The maximum atomic E-state index is 5.90. The second-order valence-corrected chi connectivity index (χ2v) is 6.57. The quantitative estimate of drug-likeness (QED) is 0.936. The molecule has 0 aliphatic carbocycles. The van der Waals surface area contributed by atoms with Gasteiger partial charge >= 0.3 is 0 Å². The summed E-state index contributed by atoms with van der Waals surface area (Å²) in [5, 5.41) is 5.86. The lowest BCUT2D eigenvalue weighted by atomic mass is 9.95. The van der Waals surface area contributed by atoms with E-state index in [0.717, 1.165) is 17.2 Å². The van der Waals surface area contributed by atoms with Crippen LogP contribution in [-0.4, -0.2) is 27.6 Å². The smallest absolute Gasteiger partial charge is 0.194 e. The van der Waals surface area contributed by atoms with Crippen LogP contribution in [0.1, 0.15) is 36.3 Å². The summed E-state index contributed by atoms with van der Waals surface area (Å²) in [6.45, 7) is 5.14. The largest absolute Gasteiger partial charge is 0.373 e. The Morgan fingerprint density at radius 3 is 3.11 bits per heavy atom. The molecule has 2 saturated heterocycles. The first-order chi connectivity index (χ1) is 9.22. The first-order valence-electron chi connectivity index (χ1n) is 7.03. The number of hydrogen-bond acceptors (Lipinski definition) is 4. The molecule has 4 heterocycles. The lowest BCUT2D eigenvalue weighted by molar-refractivity contribution is 0.0972. The van der Waals surface area contributed by atoms with Gasteiger partial charge in [-0.05, 0) is 33.1 Å². The molecular weight excluding hydrogens is 258 g/mol. The fourth-order valence-corrected chi connectivity index (χ4v) is 4.39. The van der Waals surface area contributed by atoms with E-state index in [9.17, 15) is 0 Å². The van der Waals surface area contributed by atoms with Crippen molar-refractivity contribution in [3.63, 3.8) is 0 Å². The van der Waals surface area contributed by atoms with Gasteiger partial charge in [0.2, 0.25) is 0 Å². The van der Waals surface area contributed by atoms with E-state index in [1.165, 1.54) is 30.7 Å². The maximum Gasteiger partial charge on any atom is 0.194 e. The first-order valence-corrected chi connectivity index (χ1v) is 7.91. The fraction of sp³-hybridized carbons (Fsp3) is 0.643. The van der Waals surface area contributed by atoms with Gasteiger partial charge in [-0.3, -0.25) is 4.40 Å². The van der Waals surface area contributed by atoms with E-state index in [-0.39, 0.29) is 0 Å². The zero-order valence-corrected chi connectivity index (χ0v) is 12.2. The van der Waals surface area contributed by atoms with E-state index in [4.69, 9.17) is 4.74 Å². The molecule has 19 heavy (non-hydrogen) atoms. The van der Waals surface area contributed by atoms with Crippen molar-refractivity contribution in [3.05, 3.63) is 22.5 Å². The Morgan fingerprint density at radius 1 is 1.47 bits per heavy atom.